The lowest BCUT2D eigenvalue weighted by atomic mass is 10.5. The van der Waals surface area contributed by atoms with E-state index in [1.54, 1.807) is 6.08 Å². The van der Waals surface area contributed by atoms with Crippen molar-refractivity contribution in [2.24, 2.45) is 5.73 Å². The summed E-state index contributed by atoms with van der Waals surface area (Å²) in [5.74, 6) is 0. The molecule has 0 amide bonds. The Morgan fingerprint density at radius 1 is 1.88 bits per heavy atom. The van der Waals surface area contributed by atoms with E-state index >= 15 is 0 Å². The predicted molar refractivity (Wildman–Crippen MR) is 33.6 cm³/mol. The molecule has 0 fully saturated rings. The van der Waals surface area contributed by atoms with Gasteiger partial charge in [0.1, 0.15) is 0 Å². The van der Waals surface area contributed by atoms with Crippen LogP contribution < -0.4 is 5.73 Å². The molecule has 0 bridgehead atoms. The molecule has 0 aromatic carbocycles. The molecular weight excluding hydrogens is 121 g/mol. The molecule has 0 radical (unpaired) electrons. The van der Waals surface area contributed by atoms with Gasteiger partial charge in [-0.05, 0) is 15.3 Å². The zero-order valence-electron chi connectivity index (χ0n) is 4.46. The lowest BCUT2D eigenvalue weighted by Gasteiger charge is -2.06. The molecular formula is C4H9N3P+. The van der Waals surface area contributed by atoms with Crippen molar-refractivity contribution in [3.63, 3.8) is 0 Å². The molecule has 0 aliphatic carbocycles. The van der Waals surface area contributed by atoms with Gasteiger partial charge in [-0.1, -0.05) is 5.53 Å². The Hall–Kier alpha value is -0.270. The van der Waals surface area contributed by atoms with Crippen LogP contribution in [0.2, 0.25) is 0 Å². The van der Waals surface area contributed by atoms with Crippen LogP contribution in [0.15, 0.2) is 12.2 Å². The molecule has 1 heterocycles. The second-order valence-electron chi connectivity index (χ2n) is 1.90. The first-order valence-corrected chi connectivity index (χ1v) is 2.95. The highest BCUT2D eigenvalue weighted by molar-refractivity contribution is 7.18. The lowest BCUT2D eigenvalue weighted by molar-refractivity contribution is -0.635. The Kier molecular flexibility index (Phi) is 1.18. The molecule has 1 aliphatic heterocycles. The average molecular weight is 130 g/mol. The maximum Gasteiger partial charge on any atom is 0.268 e. The molecule has 4 heteroatoms. The number of nitrogens with zero attached hydrogens (tertiary/aromatic N) is 1. The topological polar surface area (TPSA) is 52.9 Å². The van der Waals surface area contributed by atoms with Crippen molar-refractivity contribution >= 4 is 9.24 Å². The molecule has 2 atom stereocenters. The van der Waals surface area contributed by atoms with Gasteiger partial charge in [0.25, 0.3) is 5.40 Å². The third kappa shape index (κ3) is 0.791. The number of hydrogen-bond acceptors (Lipinski definition) is 2. The Morgan fingerprint density at radius 3 is 2.62 bits per heavy atom. The van der Waals surface area contributed by atoms with Crippen molar-refractivity contribution in [1.29, 1.82) is 5.53 Å². The highest BCUT2D eigenvalue weighted by atomic mass is 31.0. The Balaban J connectivity index is 2.82. The predicted octanol–water partition coefficient (Wildman–Crippen LogP) is 0.0873. The Labute approximate surface area is 50.3 Å². The van der Waals surface area contributed by atoms with E-state index in [-0.39, 0.29) is 0 Å². The normalized spacial score (nSPS) is 36.5. The third-order valence-electron chi connectivity index (χ3n) is 1.14. The van der Waals surface area contributed by atoms with Gasteiger partial charge in [0.2, 0.25) is 0 Å². The molecule has 0 aromatic rings. The summed E-state index contributed by atoms with van der Waals surface area (Å²) >= 11 is 0. The zero-order valence-corrected chi connectivity index (χ0v) is 5.62. The van der Waals surface area contributed by atoms with Crippen LogP contribution in [0.1, 0.15) is 0 Å². The first-order valence-electron chi connectivity index (χ1n) is 2.37. The van der Waals surface area contributed by atoms with E-state index in [1.165, 1.54) is 4.70 Å². The van der Waals surface area contributed by atoms with E-state index in [0.29, 0.717) is 6.54 Å². The fourth-order valence-electron chi connectivity index (χ4n) is 0.595. The van der Waals surface area contributed by atoms with Gasteiger partial charge in [0.05, 0.1) is 0 Å². The molecule has 1 aliphatic rings. The lowest BCUT2D eigenvalue weighted by Crippen LogP contribution is -2.37. The van der Waals surface area contributed by atoms with Crippen LogP contribution >= 0.6 is 9.24 Å². The van der Waals surface area contributed by atoms with Crippen molar-refractivity contribution in [2.75, 3.05) is 6.54 Å². The smallest absolute Gasteiger partial charge is 0.262 e. The molecule has 0 spiro atoms. The van der Waals surface area contributed by atoms with Crippen molar-refractivity contribution in [3.8, 4) is 0 Å². The molecule has 0 saturated heterocycles. The van der Waals surface area contributed by atoms with E-state index in [9.17, 15) is 0 Å². The first-order chi connectivity index (χ1) is 3.63. The van der Waals surface area contributed by atoms with Crippen LogP contribution in [0.25, 0.3) is 0 Å². The van der Waals surface area contributed by atoms with Crippen molar-refractivity contribution in [1.82, 2.24) is 0 Å². The van der Waals surface area contributed by atoms with Gasteiger partial charge in [-0.25, -0.2) is 0 Å². The summed E-state index contributed by atoms with van der Waals surface area (Å²) in [5.41, 5.74) is 12.7. The molecule has 2 unspecified atom stereocenters. The molecule has 8 heavy (non-hydrogen) atoms. The summed E-state index contributed by atoms with van der Waals surface area (Å²) < 4.78 is 1.30. The fraction of sp³-hybridized carbons (Fsp3) is 0.500. The van der Waals surface area contributed by atoms with Gasteiger partial charge in [0.15, 0.2) is 6.54 Å². The number of hydrogen-bond donors (Lipinski definition) is 2. The maximum atomic E-state index is 7.16. The molecule has 3 nitrogen and oxygen atoms in total. The summed E-state index contributed by atoms with van der Waals surface area (Å²) in [6.45, 7) is 0.625. The molecule has 44 valence electrons. The minimum atomic E-state index is -0.611. The quantitative estimate of drug-likeness (QED) is 0.272. The van der Waals surface area contributed by atoms with Gasteiger partial charge in [-0.15, -0.1) is 4.70 Å². The highest BCUT2D eigenvalue weighted by Crippen LogP contribution is 2.18. The summed E-state index contributed by atoms with van der Waals surface area (Å²) in [6, 6.07) is 0. The fourth-order valence-corrected chi connectivity index (χ4v) is 0.836. The SMILES string of the molecule is N=[N+]1CC=CC1(N)P. The minimum Gasteiger partial charge on any atom is -0.262 e. The zero-order chi connectivity index (χ0) is 6.20. The average Bonchev–Trinajstić information content (AvgIpc) is 1.86. The van der Waals surface area contributed by atoms with Gasteiger partial charge in [-0.2, -0.15) is 0 Å². The number of nitrogens with two attached hydrogens (primary N) is 1. The van der Waals surface area contributed by atoms with Crippen LogP contribution in [-0.4, -0.2) is 16.6 Å². The van der Waals surface area contributed by atoms with Crippen LogP contribution in [0.5, 0.6) is 0 Å². The number of rotatable bonds is 0. The van der Waals surface area contributed by atoms with E-state index in [1.807, 2.05) is 6.08 Å². The second kappa shape index (κ2) is 1.61. The Morgan fingerprint density at radius 2 is 2.50 bits per heavy atom. The van der Waals surface area contributed by atoms with E-state index in [0.717, 1.165) is 0 Å². The van der Waals surface area contributed by atoms with Crippen molar-refractivity contribution < 1.29 is 4.70 Å². The Bertz CT molecular complexity index is 149. The van der Waals surface area contributed by atoms with Crippen LogP contribution in [-0.2, 0) is 0 Å². The van der Waals surface area contributed by atoms with Crippen molar-refractivity contribution in [3.05, 3.63) is 12.2 Å². The molecule has 0 aromatic heterocycles. The van der Waals surface area contributed by atoms with Crippen LogP contribution in [0.4, 0.5) is 0 Å². The summed E-state index contributed by atoms with van der Waals surface area (Å²) in [4.78, 5) is 0. The van der Waals surface area contributed by atoms with Gasteiger partial charge < -0.3 is 0 Å². The first kappa shape index (κ1) is 5.86. The molecule has 1 rings (SSSR count). The molecule has 3 N–H and O–H groups in total. The minimum absolute atomic E-state index is 0.611. The largest absolute Gasteiger partial charge is 0.268 e. The van der Waals surface area contributed by atoms with E-state index in [4.69, 9.17) is 11.3 Å². The molecule has 0 saturated carbocycles. The van der Waals surface area contributed by atoms with E-state index in [2.05, 4.69) is 9.24 Å². The summed E-state index contributed by atoms with van der Waals surface area (Å²) in [5, 5.41) is -0.611. The number of nitrogens with one attached hydrogen (secondary N) is 1. The standard InChI is InChI=1S/C4H9N3P/c5-4(8)2-1-3-7(4)6/h1-2,6H,3,5,8H2/q+1. The van der Waals surface area contributed by atoms with E-state index < -0.39 is 5.40 Å². The third-order valence-corrected chi connectivity index (χ3v) is 1.64. The van der Waals surface area contributed by atoms with Crippen molar-refractivity contribution in [2.45, 2.75) is 5.40 Å². The van der Waals surface area contributed by atoms with Crippen LogP contribution in [0, 0.1) is 5.53 Å². The van der Waals surface area contributed by atoms with Gasteiger partial charge in [0, 0.05) is 6.08 Å². The van der Waals surface area contributed by atoms with Gasteiger partial charge >= 0.3 is 0 Å². The van der Waals surface area contributed by atoms with Crippen LogP contribution in [0.3, 0.4) is 0 Å². The highest BCUT2D eigenvalue weighted by Gasteiger charge is 2.32. The monoisotopic (exact) mass is 130 g/mol. The summed E-state index contributed by atoms with van der Waals surface area (Å²) in [7, 11) is 2.40. The maximum absolute atomic E-state index is 7.16. The van der Waals surface area contributed by atoms with Gasteiger partial charge in [-0.3, -0.25) is 5.73 Å². The summed E-state index contributed by atoms with van der Waals surface area (Å²) in [6.07, 6.45) is 3.67. The second-order valence-corrected chi connectivity index (χ2v) is 2.83.